The molecule has 17 heavy (non-hydrogen) atoms. The normalized spacial score (nSPS) is 10.6. The summed E-state index contributed by atoms with van der Waals surface area (Å²) in [4.78, 5) is 15.3. The molecule has 0 aliphatic heterocycles. The number of imidazole rings is 1. The van der Waals surface area contributed by atoms with E-state index in [0.29, 0.717) is 16.5 Å². The highest BCUT2D eigenvalue weighted by Gasteiger charge is 2.05. The van der Waals surface area contributed by atoms with Crippen LogP contribution in [0.25, 0.3) is 11.2 Å². The van der Waals surface area contributed by atoms with Crippen LogP contribution in [-0.2, 0) is 0 Å². The Morgan fingerprint density at radius 2 is 1.88 bits per heavy atom. The van der Waals surface area contributed by atoms with Gasteiger partial charge < -0.3 is 10.3 Å². The van der Waals surface area contributed by atoms with Crippen molar-refractivity contribution in [3.05, 3.63) is 41.9 Å². The second kappa shape index (κ2) is 4.03. The fourth-order valence-electron chi connectivity index (χ4n) is 1.53. The van der Waals surface area contributed by atoms with Gasteiger partial charge in [0, 0.05) is 10.7 Å². The third-order valence-corrected chi connectivity index (χ3v) is 2.58. The Bertz CT molecular complexity index is 646. The van der Waals surface area contributed by atoms with E-state index >= 15 is 0 Å². The van der Waals surface area contributed by atoms with Crippen LogP contribution in [0, 0.1) is 0 Å². The van der Waals surface area contributed by atoms with Gasteiger partial charge in [-0.2, -0.15) is 0 Å². The number of rotatable bonds is 2. The zero-order valence-electron chi connectivity index (χ0n) is 8.68. The molecule has 0 fully saturated rings. The zero-order valence-corrected chi connectivity index (χ0v) is 9.44. The lowest BCUT2D eigenvalue weighted by Crippen LogP contribution is -1.95. The van der Waals surface area contributed by atoms with Crippen LogP contribution in [-0.4, -0.2) is 19.9 Å². The zero-order chi connectivity index (χ0) is 11.7. The maximum atomic E-state index is 5.82. The Morgan fingerprint density at radius 1 is 1.06 bits per heavy atom. The van der Waals surface area contributed by atoms with E-state index in [4.69, 9.17) is 11.6 Å². The lowest BCUT2D eigenvalue weighted by Gasteiger charge is -2.05. The van der Waals surface area contributed by atoms with Crippen LogP contribution < -0.4 is 5.32 Å². The van der Waals surface area contributed by atoms with Crippen molar-refractivity contribution in [2.45, 2.75) is 0 Å². The number of anilines is 2. The van der Waals surface area contributed by atoms with E-state index < -0.39 is 0 Å². The Kier molecular flexibility index (Phi) is 2.38. The van der Waals surface area contributed by atoms with Crippen molar-refractivity contribution in [3.63, 3.8) is 0 Å². The van der Waals surface area contributed by atoms with Crippen LogP contribution in [0.3, 0.4) is 0 Å². The highest BCUT2D eigenvalue weighted by Crippen LogP contribution is 2.21. The van der Waals surface area contributed by atoms with Gasteiger partial charge in [0.2, 0.25) is 0 Å². The number of nitrogens with zero attached hydrogens (tertiary/aromatic N) is 3. The molecule has 0 aliphatic carbocycles. The number of H-pyrrole nitrogens is 1. The number of benzene rings is 1. The first-order valence-corrected chi connectivity index (χ1v) is 5.37. The van der Waals surface area contributed by atoms with E-state index in [1.165, 1.54) is 6.33 Å². The molecule has 6 heteroatoms. The van der Waals surface area contributed by atoms with Gasteiger partial charge in [-0.25, -0.2) is 15.0 Å². The first kappa shape index (κ1) is 10.0. The summed E-state index contributed by atoms with van der Waals surface area (Å²) >= 11 is 5.82. The number of aromatic amines is 1. The minimum atomic E-state index is 0.636. The van der Waals surface area contributed by atoms with Crippen LogP contribution in [0.4, 0.5) is 11.5 Å². The number of hydrogen-bond acceptors (Lipinski definition) is 4. The molecular formula is C11H8ClN5. The van der Waals surface area contributed by atoms with E-state index in [-0.39, 0.29) is 0 Å². The second-order valence-corrected chi connectivity index (χ2v) is 3.89. The van der Waals surface area contributed by atoms with Crippen LogP contribution in [0.2, 0.25) is 5.02 Å². The average Bonchev–Trinajstić information content (AvgIpc) is 2.81. The highest BCUT2D eigenvalue weighted by molar-refractivity contribution is 6.30. The summed E-state index contributed by atoms with van der Waals surface area (Å²) in [5.41, 5.74) is 2.32. The van der Waals surface area contributed by atoms with Gasteiger partial charge in [-0.05, 0) is 24.3 Å². The molecule has 2 N–H and O–H groups in total. The van der Waals surface area contributed by atoms with Crippen LogP contribution in [0.15, 0.2) is 36.9 Å². The van der Waals surface area contributed by atoms with Crippen molar-refractivity contribution in [2.75, 3.05) is 5.32 Å². The van der Waals surface area contributed by atoms with Gasteiger partial charge >= 0.3 is 0 Å². The van der Waals surface area contributed by atoms with E-state index in [1.54, 1.807) is 6.33 Å². The summed E-state index contributed by atoms with van der Waals surface area (Å²) in [6, 6.07) is 7.39. The van der Waals surface area contributed by atoms with Gasteiger partial charge in [-0.15, -0.1) is 0 Å². The number of halogens is 1. The van der Waals surface area contributed by atoms with E-state index in [9.17, 15) is 0 Å². The molecule has 1 aromatic carbocycles. The van der Waals surface area contributed by atoms with Gasteiger partial charge in [0.05, 0.1) is 6.33 Å². The first-order valence-electron chi connectivity index (χ1n) is 4.99. The monoisotopic (exact) mass is 245 g/mol. The van der Waals surface area contributed by atoms with Gasteiger partial charge in [0.15, 0.2) is 11.5 Å². The summed E-state index contributed by atoms with van der Waals surface area (Å²) in [6.45, 7) is 0. The molecule has 3 aromatic rings. The molecule has 2 heterocycles. The summed E-state index contributed by atoms with van der Waals surface area (Å²) in [5, 5.41) is 3.88. The van der Waals surface area contributed by atoms with Crippen molar-refractivity contribution in [3.8, 4) is 0 Å². The summed E-state index contributed by atoms with van der Waals surface area (Å²) in [6.07, 6.45) is 3.06. The maximum absolute atomic E-state index is 5.82. The van der Waals surface area contributed by atoms with Crippen LogP contribution in [0.5, 0.6) is 0 Å². The molecule has 84 valence electrons. The molecule has 0 unspecified atom stereocenters. The molecular weight excluding hydrogens is 238 g/mol. The van der Waals surface area contributed by atoms with Gasteiger partial charge in [0.1, 0.15) is 11.8 Å². The van der Waals surface area contributed by atoms with Crippen molar-refractivity contribution >= 4 is 34.3 Å². The van der Waals surface area contributed by atoms with E-state index in [2.05, 4.69) is 25.3 Å². The average molecular weight is 246 g/mol. The van der Waals surface area contributed by atoms with Gasteiger partial charge in [-0.3, -0.25) is 0 Å². The fourth-order valence-corrected chi connectivity index (χ4v) is 1.66. The van der Waals surface area contributed by atoms with Crippen molar-refractivity contribution in [1.82, 2.24) is 19.9 Å². The predicted molar refractivity (Wildman–Crippen MR) is 66.4 cm³/mol. The van der Waals surface area contributed by atoms with E-state index in [0.717, 1.165) is 11.2 Å². The Morgan fingerprint density at radius 3 is 2.71 bits per heavy atom. The summed E-state index contributed by atoms with van der Waals surface area (Å²) < 4.78 is 0. The van der Waals surface area contributed by atoms with Gasteiger partial charge in [-0.1, -0.05) is 11.6 Å². The standard InChI is InChI=1S/C11H8ClN5/c12-7-1-3-8(4-2-7)17-11-9-10(14-5-13-9)15-6-16-11/h1-6H,(H2,13,14,15,16,17). The van der Waals surface area contributed by atoms with E-state index in [1.807, 2.05) is 24.3 Å². The van der Waals surface area contributed by atoms with Crippen molar-refractivity contribution in [2.24, 2.45) is 0 Å². The third kappa shape index (κ3) is 1.92. The minimum absolute atomic E-state index is 0.636. The lowest BCUT2D eigenvalue weighted by molar-refractivity contribution is 1.20. The first-order chi connectivity index (χ1) is 8.33. The topological polar surface area (TPSA) is 66.5 Å². The Hall–Kier alpha value is -2.14. The third-order valence-electron chi connectivity index (χ3n) is 2.33. The quantitative estimate of drug-likeness (QED) is 0.729. The molecule has 0 atom stereocenters. The second-order valence-electron chi connectivity index (χ2n) is 3.46. The van der Waals surface area contributed by atoms with Gasteiger partial charge in [0.25, 0.3) is 0 Å². The molecule has 5 nitrogen and oxygen atoms in total. The molecule has 0 bridgehead atoms. The SMILES string of the molecule is Clc1ccc(Nc2ncnc3nc[nH]c23)cc1. The molecule has 0 saturated heterocycles. The smallest absolute Gasteiger partial charge is 0.182 e. The minimum Gasteiger partial charge on any atom is -0.340 e. The molecule has 2 aromatic heterocycles. The molecule has 0 radical (unpaired) electrons. The van der Waals surface area contributed by atoms with Crippen LogP contribution in [0.1, 0.15) is 0 Å². The molecule has 0 spiro atoms. The van der Waals surface area contributed by atoms with Crippen molar-refractivity contribution in [1.29, 1.82) is 0 Å². The number of aromatic nitrogens is 4. The lowest BCUT2D eigenvalue weighted by atomic mass is 10.3. The number of nitrogens with one attached hydrogen (secondary N) is 2. The number of fused-ring (bicyclic) bond motifs is 1. The summed E-state index contributed by atoms with van der Waals surface area (Å²) in [5.74, 6) is 0.690. The number of hydrogen-bond donors (Lipinski definition) is 2. The fraction of sp³-hybridized carbons (Fsp3) is 0. The molecule has 0 amide bonds. The summed E-state index contributed by atoms with van der Waals surface area (Å²) in [7, 11) is 0. The molecule has 3 rings (SSSR count). The molecule has 0 aliphatic rings. The maximum Gasteiger partial charge on any atom is 0.182 e. The van der Waals surface area contributed by atoms with Crippen LogP contribution >= 0.6 is 11.6 Å². The Balaban J connectivity index is 1.99. The highest BCUT2D eigenvalue weighted by atomic mass is 35.5. The molecule has 0 saturated carbocycles. The van der Waals surface area contributed by atoms with Crippen molar-refractivity contribution < 1.29 is 0 Å². The Labute approximate surface area is 102 Å². The largest absolute Gasteiger partial charge is 0.340 e. The predicted octanol–water partition coefficient (Wildman–Crippen LogP) is 2.75.